The fourth-order valence-corrected chi connectivity index (χ4v) is 3.61. The molecule has 1 N–H and O–H groups in total. The molecule has 0 unspecified atom stereocenters. The van der Waals surface area contributed by atoms with E-state index in [-0.39, 0.29) is 0 Å². The molecule has 1 saturated heterocycles. The Bertz CT molecular complexity index is 744. The van der Waals surface area contributed by atoms with Gasteiger partial charge in [0.25, 0.3) is 0 Å². The van der Waals surface area contributed by atoms with Crippen LogP contribution in [0.2, 0.25) is 0 Å². The van der Waals surface area contributed by atoms with Crippen molar-refractivity contribution in [2.45, 2.75) is 19.6 Å². The van der Waals surface area contributed by atoms with Gasteiger partial charge < -0.3 is 9.67 Å². The first kappa shape index (κ1) is 17.9. The van der Waals surface area contributed by atoms with E-state index in [9.17, 15) is 9.90 Å². The van der Waals surface area contributed by atoms with Crippen LogP contribution in [0.1, 0.15) is 17.3 Å². The summed E-state index contributed by atoms with van der Waals surface area (Å²) in [6.07, 6.45) is 2.26. The SMILES string of the molecule is C=C(C)CN1CCN(C[C@@H](O)Cn2cc(C=O)c3ccccc32)CC1. The zero-order chi connectivity index (χ0) is 17.8. The molecule has 0 spiro atoms. The summed E-state index contributed by atoms with van der Waals surface area (Å²) < 4.78 is 1.99. The second kappa shape index (κ2) is 7.95. The van der Waals surface area contributed by atoms with E-state index < -0.39 is 6.10 Å². The van der Waals surface area contributed by atoms with Gasteiger partial charge in [-0.1, -0.05) is 30.4 Å². The molecule has 0 amide bonds. The Labute approximate surface area is 149 Å². The topological polar surface area (TPSA) is 48.7 Å². The highest BCUT2D eigenvalue weighted by Gasteiger charge is 2.20. The average molecular weight is 341 g/mol. The molecule has 1 aliphatic rings. The molecule has 134 valence electrons. The molecule has 5 nitrogen and oxygen atoms in total. The lowest BCUT2D eigenvalue weighted by atomic mass is 10.2. The highest BCUT2D eigenvalue weighted by Crippen LogP contribution is 2.20. The first-order valence-corrected chi connectivity index (χ1v) is 8.87. The molecule has 2 heterocycles. The first-order valence-electron chi connectivity index (χ1n) is 8.87. The normalized spacial score (nSPS) is 17.7. The summed E-state index contributed by atoms with van der Waals surface area (Å²) in [6, 6.07) is 7.83. The standard InChI is InChI=1S/C20H27N3O2/c1-16(2)11-21-7-9-22(10-8-21)13-18(25)14-23-12-17(15-24)19-5-3-4-6-20(19)23/h3-6,12,15,18,25H,1,7-11,13-14H2,2H3/t18-/m1/s1. The zero-order valence-corrected chi connectivity index (χ0v) is 14.9. The largest absolute Gasteiger partial charge is 0.390 e. The average Bonchev–Trinajstić information content (AvgIpc) is 2.94. The van der Waals surface area contributed by atoms with Crippen LogP contribution >= 0.6 is 0 Å². The van der Waals surface area contributed by atoms with E-state index in [1.165, 1.54) is 5.57 Å². The Balaban J connectivity index is 1.58. The van der Waals surface area contributed by atoms with Crippen LogP contribution in [-0.2, 0) is 6.54 Å². The smallest absolute Gasteiger partial charge is 0.152 e. The number of fused-ring (bicyclic) bond motifs is 1. The second-order valence-corrected chi connectivity index (χ2v) is 7.06. The third kappa shape index (κ3) is 4.37. The van der Waals surface area contributed by atoms with Crippen LogP contribution in [0.4, 0.5) is 0 Å². The van der Waals surface area contributed by atoms with Gasteiger partial charge >= 0.3 is 0 Å². The molecule has 25 heavy (non-hydrogen) atoms. The predicted octanol–water partition coefficient (Wildman–Crippen LogP) is 2.01. The molecular weight excluding hydrogens is 314 g/mol. The van der Waals surface area contributed by atoms with Gasteiger partial charge in [0, 0.05) is 68.5 Å². The summed E-state index contributed by atoms with van der Waals surface area (Å²) in [7, 11) is 0. The Morgan fingerprint density at radius 2 is 1.88 bits per heavy atom. The molecular formula is C20H27N3O2. The van der Waals surface area contributed by atoms with Crippen molar-refractivity contribution in [3.63, 3.8) is 0 Å². The molecule has 1 aromatic heterocycles. The molecule has 2 aromatic rings. The monoisotopic (exact) mass is 341 g/mol. The molecule has 3 rings (SSSR count). The van der Waals surface area contributed by atoms with Crippen LogP contribution in [0, 0.1) is 0 Å². The van der Waals surface area contributed by atoms with Crippen molar-refractivity contribution in [1.82, 2.24) is 14.4 Å². The Morgan fingerprint density at radius 1 is 1.20 bits per heavy atom. The quantitative estimate of drug-likeness (QED) is 0.618. The first-order chi connectivity index (χ1) is 12.1. The van der Waals surface area contributed by atoms with Gasteiger partial charge in [-0.05, 0) is 13.0 Å². The van der Waals surface area contributed by atoms with Crippen LogP contribution < -0.4 is 0 Å². The number of para-hydroxylation sites is 1. The van der Waals surface area contributed by atoms with Crippen LogP contribution in [-0.4, -0.2) is 71.1 Å². The number of carbonyl (C=O) groups is 1. The third-order valence-electron chi connectivity index (χ3n) is 4.78. The maximum Gasteiger partial charge on any atom is 0.152 e. The summed E-state index contributed by atoms with van der Waals surface area (Å²) in [5.41, 5.74) is 2.87. The number of piperazine rings is 1. The van der Waals surface area contributed by atoms with Gasteiger partial charge in [0.1, 0.15) is 0 Å². The number of aliphatic hydroxyl groups is 1. The lowest BCUT2D eigenvalue weighted by Crippen LogP contribution is -2.49. The minimum Gasteiger partial charge on any atom is -0.390 e. The molecule has 1 aromatic carbocycles. The van der Waals surface area contributed by atoms with Crippen molar-refractivity contribution in [3.05, 3.63) is 48.2 Å². The van der Waals surface area contributed by atoms with Crippen LogP contribution in [0.25, 0.3) is 10.9 Å². The summed E-state index contributed by atoms with van der Waals surface area (Å²) >= 11 is 0. The van der Waals surface area contributed by atoms with Crippen LogP contribution in [0.5, 0.6) is 0 Å². The number of benzene rings is 1. The Kier molecular flexibility index (Phi) is 5.68. The molecule has 0 saturated carbocycles. The number of aldehydes is 1. The van der Waals surface area contributed by atoms with Gasteiger partial charge in [-0.2, -0.15) is 0 Å². The van der Waals surface area contributed by atoms with Gasteiger partial charge in [-0.3, -0.25) is 14.6 Å². The van der Waals surface area contributed by atoms with Crippen molar-refractivity contribution < 1.29 is 9.90 Å². The van der Waals surface area contributed by atoms with E-state index in [1.807, 2.05) is 35.0 Å². The van der Waals surface area contributed by atoms with Gasteiger partial charge in [-0.25, -0.2) is 0 Å². The van der Waals surface area contributed by atoms with Gasteiger partial charge in [0.15, 0.2) is 6.29 Å². The summed E-state index contributed by atoms with van der Waals surface area (Å²) in [6.45, 7) is 12.1. The molecule has 0 radical (unpaired) electrons. The summed E-state index contributed by atoms with van der Waals surface area (Å²) in [5.74, 6) is 0. The fraction of sp³-hybridized carbons (Fsp3) is 0.450. The Hall–Kier alpha value is -1.95. The highest BCUT2D eigenvalue weighted by atomic mass is 16.3. The lowest BCUT2D eigenvalue weighted by molar-refractivity contribution is 0.0675. The van der Waals surface area contributed by atoms with Crippen LogP contribution in [0.3, 0.4) is 0 Å². The minimum atomic E-state index is -0.456. The van der Waals surface area contributed by atoms with Crippen molar-refractivity contribution >= 4 is 17.2 Å². The van der Waals surface area contributed by atoms with Crippen molar-refractivity contribution in [3.8, 4) is 0 Å². The number of carbonyl (C=O) groups excluding carboxylic acids is 1. The van der Waals surface area contributed by atoms with Gasteiger partial charge in [0.05, 0.1) is 6.10 Å². The third-order valence-corrected chi connectivity index (χ3v) is 4.78. The minimum absolute atomic E-state index is 0.456. The number of rotatable bonds is 7. The van der Waals surface area contributed by atoms with E-state index in [2.05, 4.69) is 23.3 Å². The maximum absolute atomic E-state index is 11.2. The summed E-state index contributed by atoms with van der Waals surface area (Å²) in [4.78, 5) is 16.0. The zero-order valence-electron chi connectivity index (χ0n) is 14.9. The number of hydrogen-bond donors (Lipinski definition) is 1. The summed E-state index contributed by atoms with van der Waals surface area (Å²) in [5, 5.41) is 11.5. The number of nitrogens with zero attached hydrogens (tertiary/aromatic N) is 3. The lowest BCUT2D eigenvalue weighted by Gasteiger charge is -2.35. The van der Waals surface area contributed by atoms with E-state index in [0.717, 1.165) is 49.9 Å². The van der Waals surface area contributed by atoms with Crippen LogP contribution in [0.15, 0.2) is 42.6 Å². The van der Waals surface area contributed by atoms with Gasteiger partial charge in [-0.15, -0.1) is 0 Å². The van der Waals surface area contributed by atoms with E-state index in [1.54, 1.807) is 0 Å². The maximum atomic E-state index is 11.2. The van der Waals surface area contributed by atoms with E-state index in [4.69, 9.17) is 0 Å². The molecule has 1 aliphatic heterocycles. The second-order valence-electron chi connectivity index (χ2n) is 7.06. The molecule has 1 atom stereocenters. The number of hydrogen-bond acceptors (Lipinski definition) is 4. The molecule has 0 bridgehead atoms. The fourth-order valence-electron chi connectivity index (χ4n) is 3.61. The number of β-amino-alcohol motifs (C(OH)–C–C–N with tert-alkyl or cyclic N) is 1. The highest BCUT2D eigenvalue weighted by molar-refractivity contribution is 5.97. The van der Waals surface area contributed by atoms with Crippen molar-refractivity contribution in [2.75, 3.05) is 39.3 Å². The van der Waals surface area contributed by atoms with Crippen molar-refractivity contribution in [2.24, 2.45) is 0 Å². The van der Waals surface area contributed by atoms with Gasteiger partial charge in [0.2, 0.25) is 0 Å². The van der Waals surface area contributed by atoms with Crippen molar-refractivity contribution in [1.29, 1.82) is 0 Å². The Morgan fingerprint density at radius 3 is 2.56 bits per heavy atom. The predicted molar refractivity (Wildman–Crippen MR) is 101 cm³/mol. The molecule has 1 fully saturated rings. The molecule has 5 heteroatoms. The number of aromatic nitrogens is 1. The molecule has 0 aliphatic carbocycles. The van der Waals surface area contributed by atoms with E-state index >= 15 is 0 Å². The van der Waals surface area contributed by atoms with E-state index in [0.29, 0.717) is 18.7 Å². The number of aliphatic hydroxyl groups excluding tert-OH is 1.